The molecule has 0 atom stereocenters. The van der Waals surface area contributed by atoms with Gasteiger partial charge in [-0.15, -0.1) is 0 Å². The van der Waals surface area contributed by atoms with Crippen LogP contribution in [0.3, 0.4) is 0 Å². The van der Waals surface area contributed by atoms with Crippen LogP contribution in [0.2, 0.25) is 0 Å². The van der Waals surface area contributed by atoms with Crippen LogP contribution < -0.4 is 16.2 Å². The molecule has 13 nitrogen and oxygen atoms in total. The van der Waals surface area contributed by atoms with Gasteiger partial charge >= 0.3 is 10.9 Å². The molecule has 0 aromatic heterocycles. The van der Waals surface area contributed by atoms with Gasteiger partial charge in [-0.25, -0.2) is 4.99 Å². The molecule has 0 amide bonds. The van der Waals surface area contributed by atoms with E-state index in [1.807, 2.05) is 42.5 Å². The van der Waals surface area contributed by atoms with Gasteiger partial charge in [-0.05, 0) is 47.0 Å². The summed E-state index contributed by atoms with van der Waals surface area (Å²) in [5.41, 5.74) is 9.36. The molecule has 0 spiro atoms. The molecule has 14 heteroatoms. The van der Waals surface area contributed by atoms with Crippen molar-refractivity contribution in [1.82, 2.24) is 0 Å². The minimum absolute atomic E-state index is 0.0687. The third-order valence-electron chi connectivity index (χ3n) is 5.52. The summed E-state index contributed by atoms with van der Waals surface area (Å²) in [6.07, 6.45) is 0. The largest absolute Gasteiger partial charge is 0.307 e. The topological polar surface area (TPSA) is 194 Å². The smallest absolute Gasteiger partial charge is 0.281 e. The van der Waals surface area contributed by atoms with Crippen LogP contribution in [-0.2, 0) is 0 Å². The highest BCUT2D eigenvalue weighted by Crippen LogP contribution is 2.29. The predicted octanol–water partition coefficient (Wildman–Crippen LogP) is 3.84. The van der Waals surface area contributed by atoms with Gasteiger partial charge < -0.3 is 0 Å². The molecule has 0 heterocycles. The van der Waals surface area contributed by atoms with Gasteiger partial charge in [0.25, 0.3) is 11.4 Å². The highest BCUT2D eigenvalue weighted by molar-refractivity contribution is 8.14. The van der Waals surface area contributed by atoms with Crippen molar-refractivity contribution in [1.29, 1.82) is 0 Å². The number of nitro groups is 3. The maximum Gasteiger partial charge on any atom is 0.307 e. The van der Waals surface area contributed by atoms with E-state index in [4.69, 9.17) is 5.73 Å². The minimum Gasteiger partial charge on any atom is -0.281 e. The lowest BCUT2D eigenvalue weighted by molar-refractivity contribution is -0.393. The Bertz CT molecular complexity index is 1630. The van der Waals surface area contributed by atoms with Crippen molar-refractivity contribution < 1.29 is 19.8 Å². The van der Waals surface area contributed by atoms with E-state index >= 15 is 0 Å². The van der Waals surface area contributed by atoms with E-state index in [9.17, 15) is 30.3 Å². The van der Waals surface area contributed by atoms with Gasteiger partial charge in [0.05, 0.1) is 32.3 Å². The molecule has 4 N–H and O–H groups in total. The van der Waals surface area contributed by atoms with Crippen LogP contribution in [0.1, 0.15) is 5.56 Å². The fraction of sp³-hybridized carbons (Fsp3) is 0.0400. The molecule has 0 saturated carbocycles. The summed E-state index contributed by atoms with van der Waals surface area (Å²) in [5, 5.41) is 40.2. The normalized spacial score (nSPS) is 11.8. The zero-order valence-corrected chi connectivity index (χ0v) is 20.8. The van der Waals surface area contributed by atoms with Crippen molar-refractivity contribution in [3.63, 3.8) is 0 Å². The number of amidine groups is 1. The Morgan fingerprint density at radius 2 is 1.51 bits per heavy atom. The zero-order chi connectivity index (χ0) is 27.9. The van der Waals surface area contributed by atoms with E-state index in [1.165, 1.54) is 42.1 Å². The molecule has 196 valence electrons. The first-order chi connectivity index (χ1) is 18.7. The third kappa shape index (κ3) is 6.50. The molecule has 0 unspecified atom stereocenters. The first-order valence-electron chi connectivity index (χ1n) is 11.2. The number of hydrogen-bond acceptors (Lipinski definition) is 9. The van der Waals surface area contributed by atoms with E-state index in [1.54, 1.807) is 0 Å². The fourth-order valence-corrected chi connectivity index (χ4v) is 4.32. The Hall–Kier alpha value is -5.37. The van der Waals surface area contributed by atoms with Crippen molar-refractivity contribution in [2.24, 2.45) is 10.8 Å². The van der Waals surface area contributed by atoms with Crippen LogP contribution >= 0.6 is 11.8 Å². The Balaban J connectivity index is 1.63. The van der Waals surface area contributed by atoms with Crippen LogP contribution in [0.25, 0.3) is 10.8 Å². The highest BCUT2D eigenvalue weighted by atomic mass is 32.2. The fourth-order valence-electron chi connectivity index (χ4n) is 3.61. The van der Waals surface area contributed by atoms with Crippen LogP contribution in [0.15, 0.2) is 90.0 Å². The number of non-ortho nitro benzene ring substituents is 2. The van der Waals surface area contributed by atoms with Gasteiger partial charge in [0.1, 0.15) is 11.4 Å². The standard InChI is InChI=1S/C25H19N7O6S/c26-25(27-21-7-3-5-16-4-1-2-6-20(16)21)39-15-23(17-8-10-18(11-9-17)30(33)34)29-28-22-13-12-19(31(35)36)14-24(22)32(37)38/h1-14,28H,15H2,(H2,26,27)/p+1. The van der Waals surface area contributed by atoms with Gasteiger partial charge in [0, 0.05) is 23.6 Å². The first kappa shape index (κ1) is 26.7. The lowest BCUT2D eigenvalue weighted by Crippen LogP contribution is -2.68. The molecule has 0 saturated heterocycles. The number of hydrogen-bond donors (Lipinski definition) is 3. The molecule has 0 aliphatic rings. The lowest BCUT2D eigenvalue weighted by Gasteiger charge is -2.08. The predicted molar refractivity (Wildman–Crippen MR) is 149 cm³/mol. The summed E-state index contributed by atoms with van der Waals surface area (Å²) < 4.78 is 0. The molecule has 0 aliphatic carbocycles. The molecular weight excluding hydrogens is 526 g/mol. The van der Waals surface area contributed by atoms with Crippen LogP contribution in [0, 0.1) is 30.3 Å². The number of nitro benzene ring substituents is 3. The van der Waals surface area contributed by atoms with E-state index < -0.39 is 26.1 Å². The van der Waals surface area contributed by atoms with Gasteiger partial charge in [0.2, 0.25) is 0 Å². The van der Waals surface area contributed by atoms with E-state index in [-0.39, 0.29) is 17.1 Å². The maximum atomic E-state index is 11.5. The lowest BCUT2D eigenvalue weighted by atomic mass is 10.1. The molecule has 39 heavy (non-hydrogen) atoms. The molecule has 4 aromatic rings. The number of thioether (sulfide) groups is 1. The van der Waals surface area contributed by atoms with Gasteiger partial charge in [-0.2, -0.15) is 5.10 Å². The molecule has 0 fully saturated rings. The van der Waals surface area contributed by atoms with Crippen molar-refractivity contribution in [2.75, 3.05) is 11.2 Å². The molecule has 4 rings (SSSR count). The molecule has 0 bridgehead atoms. The molecular formula is C25H20N7O6S+. The van der Waals surface area contributed by atoms with E-state index in [2.05, 4.69) is 15.5 Å². The number of nitrogens with one attached hydrogen (secondary N) is 2. The van der Waals surface area contributed by atoms with Gasteiger partial charge in [-0.3, -0.25) is 41.5 Å². The van der Waals surface area contributed by atoms with E-state index in [0.717, 1.165) is 28.6 Å². The van der Waals surface area contributed by atoms with Crippen LogP contribution in [-0.4, -0.2) is 31.4 Å². The quantitative estimate of drug-likeness (QED) is 0.121. The Kier molecular flexibility index (Phi) is 8.06. The number of anilines is 1. The number of benzene rings is 4. The van der Waals surface area contributed by atoms with Crippen molar-refractivity contribution in [3.05, 3.63) is 121 Å². The second-order valence-corrected chi connectivity index (χ2v) is 9.01. The first-order valence-corrected chi connectivity index (χ1v) is 12.2. The summed E-state index contributed by atoms with van der Waals surface area (Å²) in [4.78, 5) is 34.7. The second-order valence-electron chi connectivity index (χ2n) is 7.99. The van der Waals surface area contributed by atoms with Crippen molar-refractivity contribution in [3.8, 4) is 0 Å². The summed E-state index contributed by atoms with van der Waals surface area (Å²) >= 11 is 1.20. The molecule has 0 aliphatic heterocycles. The Morgan fingerprint density at radius 1 is 0.846 bits per heavy atom. The van der Waals surface area contributed by atoms with Crippen LogP contribution in [0.5, 0.6) is 0 Å². The average molecular weight is 547 g/mol. The minimum atomic E-state index is -0.759. The highest BCUT2D eigenvalue weighted by Gasteiger charge is 2.20. The summed E-state index contributed by atoms with van der Waals surface area (Å²) in [7, 11) is 0. The monoisotopic (exact) mass is 546 g/mol. The van der Waals surface area contributed by atoms with E-state index in [0.29, 0.717) is 16.4 Å². The Morgan fingerprint density at radius 3 is 2.21 bits per heavy atom. The number of nitrogens with two attached hydrogens (primary N) is 1. The van der Waals surface area contributed by atoms with Gasteiger partial charge in [-0.1, -0.05) is 36.4 Å². The van der Waals surface area contributed by atoms with Crippen molar-refractivity contribution in [2.45, 2.75) is 0 Å². The van der Waals surface area contributed by atoms with Crippen molar-refractivity contribution >= 4 is 61.9 Å². The number of hydrazone groups is 1. The molecule has 4 aromatic carbocycles. The SMILES string of the molecule is NC(=[NH+]c1cccc2ccccc12)SCC(=NNc1ccc([N+](=O)[O-])cc1[N+](=O)[O-])c1ccc([N+](=O)[O-])cc1. The Labute approximate surface area is 224 Å². The average Bonchev–Trinajstić information content (AvgIpc) is 2.93. The third-order valence-corrected chi connectivity index (χ3v) is 6.35. The summed E-state index contributed by atoms with van der Waals surface area (Å²) in [6.45, 7) is 0. The van der Waals surface area contributed by atoms with Gasteiger partial charge in [0.15, 0.2) is 0 Å². The summed E-state index contributed by atoms with van der Waals surface area (Å²) in [6, 6.07) is 22.3. The van der Waals surface area contributed by atoms with Crippen LogP contribution in [0.4, 0.5) is 28.4 Å². The molecule has 0 radical (unpaired) electrons. The number of rotatable bonds is 9. The second kappa shape index (κ2) is 11.8. The summed E-state index contributed by atoms with van der Waals surface area (Å²) in [5.74, 6) is 0.176. The number of fused-ring (bicyclic) bond motifs is 1. The maximum absolute atomic E-state index is 11.5. The zero-order valence-electron chi connectivity index (χ0n) is 20.0. The number of nitrogens with zero attached hydrogens (tertiary/aromatic N) is 4.